The number of carbonyl (C=O) groups excluding carboxylic acids is 3. The molecule has 4 amide bonds. The molecule has 3 aromatic carbocycles. The predicted octanol–water partition coefficient (Wildman–Crippen LogP) is 6.52. The number of H-pyrrole nitrogens is 1. The van der Waals surface area contributed by atoms with Crippen molar-refractivity contribution in [2.45, 2.75) is 19.0 Å². The lowest BCUT2D eigenvalue weighted by Crippen LogP contribution is -2.39. The van der Waals surface area contributed by atoms with Crippen LogP contribution in [0.15, 0.2) is 72.8 Å². The fourth-order valence-electron chi connectivity index (χ4n) is 4.05. The molecule has 0 spiro atoms. The molecule has 218 valence electrons. The second kappa shape index (κ2) is 14.2. The Kier molecular flexibility index (Phi) is 10.2. The Labute approximate surface area is 251 Å². The molecule has 13 heteroatoms. The zero-order chi connectivity index (χ0) is 30.1. The van der Waals surface area contributed by atoms with Crippen LogP contribution in [0.3, 0.4) is 0 Å². The maximum Gasteiger partial charge on any atom is 0.411 e. The summed E-state index contributed by atoms with van der Waals surface area (Å²) in [5.41, 5.74) is 3.72. The molecule has 0 saturated heterocycles. The van der Waals surface area contributed by atoms with E-state index in [1.165, 1.54) is 14.2 Å². The summed E-state index contributed by atoms with van der Waals surface area (Å²) < 4.78 is 9.28. The van der Waals surface area contributed by atoms with E-state index >= 15 is 0 Å². The molecule has 1 aromatic heterocycles. The van der Waals surface area contributed by atoms with E-state index in [4.69, 9.17) is 28.2 Å². The Balaban J connectivity index is 1.52. The second-order valence-corrected chi connectivity index (χ2v) is 9.78. The molecular formula is C29H28Cl2N6O5. The van der Waals surface area contributed by atoms with Gasteiger partial charge in [-0.15, -0.1) is 0 Å². The van der Waals surface area contributed by atoms with E-state index in [1.807, 2.05) is 30.3 Å². The number of methoxy groups -OCH3 is 2. The van der Waals surface area contributed by atoms with E-state index in [-0.39, 0.29) is 11.7 Å². The first-order valence-corrected chi connectivity index (χ1v) is 13.4. The van der Waals surface area contributed by atoms with Crippen LogP contribution in [0, 0.1) is 0 Å². The molecular weight excluding hydrogens is 583 g/mol. The van der Waals surface area contributed by atoms with Gasteiger partial charge in [0, 0.05) is 28.5 Å². The summed E-state index contributed by atoms with van der Waals surface area (Å²) in [6.45, 7) is 0.0693. The van der Waals surface area contributed by atoms with Crippen LogP contribution in [0.1, 0.15) is 23.0 Å². The van der Waals surface area contributed by atoms with Gasteiger partial charge in [-0.05, 0) is 47.9 Å². The molecule has 0 aliphatic rings. The van der Waals surface area contributed by atoms with E-state index in [0.717, 1.165) is 5.56 Å². The first-order valence-electron chi connectivity index (χ1n) is 12.7. The highest BCUT2D eigenvalue weighted by Crippen LogP contribution is 2.29. The van der Waals surface area contributed by atoms with Gasteiger partial charge in [0.05, 0.1) is 20.3 Å². The monoisotopic (exact) mass is 610 g/mol. The van der Waals surface area contributed by atoms with Crippen molar-refractivity contribution in [3.8, 4) is 11.3 Å². The molecule has 4 aromatic rings. The maximum atomic E-state index is 13.1. The average molecular weight is 611 g/mol. The van der Waals surface area contributed by atoms with Crippen LogP contribution < -0.4 is 21.3 Å². The van der Waals surface area contributed by atoms with Crippen molar-refractivity contribution in [3.63, 3.8) is 0 Å². The summed E-state index contributed by atoms with van der Waals surface area (Å²) >= 11 is 12.7. The number of anilines is 2. The van der Waals surface area contributed by atoms with Gasteiger partial charge in [-0.3, -0.25) is 10.6 Å². The maximum absolute atomic E-state index is 13.1. The van der Waals surface area contributed by atoms with Crippen LogP contribution in [-0.2, 0) is 22.4 Å². The molecule has 4 rings (SSSR count). The molecule has 0 aliphatic carbocycles. The smallest absolute Gasteiger partial charge is 0.411 e. The van der Waals surface area contributed by atoms with Crippen LogP contribution in [0.5, 0.6) is 0 Å². The summed E-state index contributed by atoms with van der Waals surface area (Å²) in [5.74, 6) is 0.446. The molecule has 0 bridgehead atoms. The number of aromatic amines is 1. The Hall–Kier alpha value is -4.74. The van der Waals surface area contributed by atoms with Gasteiger partial charge in [0.25, 0.3) is 0 Å². The molecule has 0 saturated carbocycles. The second-order valence-electron chi connectivity index (χ2n) is 8.97. The number of hydrogen-bond donors (Lipinski definition) is 5. The summed E-state index contributed by atoms with van der Waals surface area (Å²) in [6.07, 6.45) is -0.806. The topological polar surface area (TPSA) is 146 Å². The number of imidazole rings is 1. The number of ether oxygens (including phenoxy) is 2. The van der Waals surface area contributed by atoms with Crippen molar-refractivity contribution < 1.29 is 23.9 Å². The molecule has 11 nitrogen and oxygen atoms in total. The first-order chi connectivity index (χ1) is 20.2. The highest BCUT2D eigenvalue weighted by atomic mass is 35.5. The lowest BCUT2D eigenvalue weighted by molar-refractivity contribution is 0.186. The highest BCUT2D eigenvalue weighted by Gasteiger charge is 2.22. The molecule has 0 aliphatic heterocycles. The van der Waals surface area contributed by atoms with E-state index in [2.05, 4.69) is 35.7 Å². The largest absolute Gasteiger partial charge is 0.453 e. The van der Waals surface area contributed by atoms with E-state index in [0.29, 0.717) is 45.5 Å². The van der Waals surface area contributed by atoms with Crippen LogP contribution in [0.2, 0.25) is 10.2 Å². The summed E-state index contributed by atoms with van der Waals surface area (Å²) in [4.78, 5) is 44.1. The van der Waals surface area contributed by atoms with Crippen LogP contribution in [0.4, 0.5) is 25.8 Å². The number of amides is 4. The minimum Gasteiger partial charge on any atom is -0.453 e. The summed E-state index contributed by atoms with van der Waals surface area (Å²) in [6, 6.07) is 20.3. The number of nitrogens with one attached hydrogen (secondary N) is 5. The third-order valence-corrected chi connectivity index (χ3v) is 6.62. The predicted molar refractivity (Wildman–Crippen MR) is 161 cm³/mol. The third-order valence-electron chi connectivity index (χ3n) is 6.11. The molecule has 1 atom stereocenters. The third kappa shape index (κ3) is 8.15. The molecule has 0 fully saturated rings. The van der Waals surface area contributed by atoms with Gasteiger partial charge in [-0.25, -0.2) is 19.4 Å². The standard InChI is InChI=1S/C29H28Cl2N6O5/c1-41-28(39)33-21-11-8-18(9-12-21)24-25(31)37-26(36-24)23(14-17-6-4-3-5-7-17)34-27(38)32-16-19-15-20(30)10-13-22(19)35-29(40)42-2/h3-13,15,23H,14,16H2,1-2H3,(H,33,39)(H,35,40)(H,36,37)(H2,32,34,38)/t23-/m0/s1. The normalized spacial score (nSPS) is 11.2. The number of hydrogen-bond acceptors (Lipinski definition) is 6. The quantitative estimate of drug-likeness (QED) is 0.146. The zero-order valence-electron chi connectivity index (χ0n) is 22.7. The van der Waals surface area contributed by atoms with Gasteiger partial charge in [0.2, 0.25) is 0 Å². The fourth-order valence-corrected chi connectivity index (χ4v) is 4.49. The van der Waals surface area contributed by atoms with Crippen molar-refractivity contribution >= 4 is 52.8 Å². The number of benzene rings is 3. The zero-order valence-corrected chi connectivity index (χ0v) is 24.2. The number of halogens is 2. The Bertz CT molecular complexity index is 1550. The van der Waals surface area contributed by atoms with E-state index < -0.39 is 24.3 Å². The van der Waals surface area contributed by atoms with Crippen molar-refractivity contribution in [2.24, 2.45) is 0 Å². The number of nitrogens with zero attached hydrogens (tertiary/aromatic N) is 1. The number of carbonyl (C=O) groups is 3. The van der Waals surface area contributed by atoms with Crippen LogP contribution in [-0.4, -0.2) is 42.4 Å². The lowest BCUT2D eigenvalue weighted by atomic mass is 10.1. The van der Waals surface area contributed by atoms with Gasteiger partial charge in [0.15, 0.2) is 0 Å². The van der Waals surface area contributed by atoms with Crippen molar-refractivity contribution in [1.29, 1.82) is 0 Å². The van der Waals surface area contributed by atoms with Gasteiger partial charge < -0.3 is 25.1 Å². The minimum absolute atomic E-state index is 0.0693. The summed E-state index contributed by atoms with van der Waals surface area (Å²) in [7, 11) is 2.54. The molecule has 0 unspecified atom stereocenters. The van der Waals surface area contributed by atoms with E-state index in [1.54, 1.807) is 42.5 Å². The van der Waals surface area contributed by atoms with Gasteiger partial charge in [-0.1, -0.05) is 65.7 Å². The Morgan fingerprint density at radius 2 is 1.60 bits per heavy atom. The van der Waals surface area contributed by atoms with Gasteiger partial charge in [-0.2, -0.15) is 0 Å². The molecule has 5 N–H and O–H groups in total. The number of rotatable bonds is 9. The van der Waals surface area contributed by atoms with Gasteiger partial charge in [0.1, 0.15) is 16.7 Å². The fraction of sp³-hybridized carbons (Fsp3) is 0.172. The van der Waals surface area contributed by atoms with Crippen LogP contribution >= 0.6 is 23.2 Å². The van der Waals surface area contributed by atoms with E-state index in [9.17, 15) is 14.4 Å². The minimum atomic E-state index is -0.647. The Morgan fingerprint density at radius 1 is 0.905 bits per heavy atom. The van der Waals surface area contributed by atoms with Crippen LogP contribution in [0.25, 0.3) is 11.3 Å². The lowest BCUT2D eigenvalue weighted by Gasteiger charge is -2.18. The summed E-state index contributed by atoms with van der Waals surface area (Å²) in [5, 5.41) is 11.7. The first kappa shape index (κ1) is 30.2. The number of aromatic nitrogens is 2. The Morgan fingerprint density at radius 3 is 2.29 bits per heavy atom. The van der Waals surface area contributed by atoms with Crippen molar-refractivity contribution in [1.82, 2.24) is 20.6 Å². The van der Waals surface area contributed by atoms with Crippen molar-refractivity contribution in [2.75, 3.05) is 24.9 Å². The molecule has 1 heterocycles. The average Bonchev–Trinajstić information content (AvgIpc) is 3.39. The molecule has 0 radical (unpaired) electrons. The molecule has 42 heavy (non-hydrogen) atoms. The van der Waals surface area contributed by atoms with Crippen molar-refractivity contribution in [3.05, 3.63) is 99.9 Å². The van der Waals surface area contributed by atoms with Gasteiger partial charge >= 0.3 is 18.2 Å². The SMILES string of the molecule is COC(=O)Nc1ccc(-c2nc([C@H](Cc3ccccc3)NC(=O)NCc3cc(Cl)ccc3NC(=O)OC)[nH]c2Cl)cc1. The number of urea groups is 1. The highest BCUT2D eigenvalue weighted by molar-refractivity contribution is 6.32.